The summed E-state index contributed by atoms with van der Waals surface area (Å²) >= 11 is 0. The molecule has 1 aliphatic carbocycles. The van der Waals surface area contributed by atoms with Crippen LogP contribution in [0.15, 0.2) is 118 Å². The predicted molar refractivity (Wildman–Crippen MR) is 475 cm³/mol. The number of fused-ring (bicyclic) bond motifs is 5. The maximum absolute atomic E-state index is 15.1. The number of Topliss-reactive ketones (excluding diaryl/α,β-unsaturated/α-hetero) is 2. The van der Waals surface area contributed by atoms with Crippen LogP contribution in [0.3, 0.4) is 0 Å². The molecular weight excluding hydrogens is 1670 g/mol. The number of aromatic nitrogens is 8. The molecule has 706 valence electrons. The maximum Gasteiger partial charge on any atom is 0.407 e. The zero-order valence-electron chi connectivity index (χ0n) is 75.1. The van der Waals surface area contributed by atoms with Crippen LogP contribution in [0, 0.1) is 23.7 Å². The SMILES string of the molecule is CO[C@H]1C[C@@H]2CCC[C@@](O)(O2)C(=O)C(=O)N2CCCC[C@H]2C(=O)O[C@H]([C@H](N)C[C@@H]2CC[C@H](n3cc(COC(=O)NCCOCCOCCOCCC(=O)NCCOCCOCCC(=O)NCCCCn4nc(-c5ccc6oc(N)nc6c5)c5c(N)ncnc54)nn3)[C@H](OC)C2)C/C(=N/OCc2ccccc2)[C@H](C)/C=C(\C)[C@@H](O)[C@@H](O)C(=O)[C@H](C)C[C@H](C)/C=C/C=CC=C1C. The van der Waals surface area contributed by atoms with Gasteiger partial charge >= 0.3 is 12.1 Å². The van der Waals surface area contributed by atoms with Gasteiger partial charge in [0, 0.05) is 102 Å². The third kappa shape index (κ3) is 30.9. The minimum absolute atomic E-state index is 0.0178. The third-order valence-electron chi connectivity index (χ3n) is 23.5. The molecule has 3 fully saturated rings. The van der Waals surface area contributed by atoms with Gasteiger partial charge in [-0.3, -0.25) is 24.0 Å². The van der Waals surface area contributed by atoms with Crippen molar-refractivity contribution in [1.82, 2.24) is 60.6 Å². The number of aliphatic hydroxyl groups excluding tert-OH is 2. The van der Waals surface area contributed by atoms with E-state index in [2.05, 4.69) is 46.4 Å². The molecule has 0 unspecified atom stereocenters. The maximum atomic E-state index is 15.1. The van der Waals surface area contributed by atoms with E-state index in [9.17, 15) is 44.1 Å². The van der Waals surface area contributed by atoms with E-state index in [4.69, 9.17) is 78.9 Å². The lowest BCUT2D eigenvalue weighted by Crippen LogP contribution is -2.58. The number of allylic oxidation sites excluding steroid dienone is 6. The summed E-state index contributed by atoms with van der Waals surface area (Å²) in [6.07, 6.45) is 13.6. The molecular formula is C91H130N16O22. The third-order valence-corrected chi connectivity index (χ3v) is 23.5. The van der Waals surface area contributed by atoms with E-state index in [0.717, 1.165) is 16.7 Å². The highest BCUT2D eigenvalue weighted by molar-refractivity contribution is 6.39. The van der Waals surface area contributed by atoms with E-state index in [1.807, 2.05) is 86.7 Å². The van der Waals surface area contributed by atoms with Crippen molar-refractivity contribution in [2.24, 2.45) is 34.6 Å². The minimum atomic E-state index is -2.47. The van der Waals surface area contributed by atoms with Crippen molar-refractivity contribution in [3.63, 3.8) is 0 Å². The molecule has 4 amide bonds. The van der Waals surface area contributed by atoms with Crippen molar-refractivity contribution < 1.29 is 106 Å². The average molecular weight is 1800 g/mol. The van der Waals surface area contributed by atoms with E-state index in [-0.39, 0.29) is 159 Å². The Kier molecular flexibility index (Phi) is 40.5. The lowest BCUT2D eigenvalue weighted by atomic mass is 9.79. The van der Waals surface area contributed by atoms with Crippen LogP contribution >= 0.6 is 0 Å². The Morgan fingerprint density at radius 1 is 0.752 bits per heavy atom. The second-order valence-corrected chi connectivity index (χ2v) is 33.4. The summed E-state index contributed by atoms with van der Waals surface area (Å²) in [7, 11) is 3.16. The summed E-state index contributed by atoms with van der Waals surface area (Å²) in [4.78, 5) is 116. The van der Waals surface area contributed by atoms with Gasteiger partial charge in [0.25, 0.3) is 17.7 Å². The molecule has 12 N–H and O–H groups in total. The molecule has 7 heterocycles. The molecule has 3 aliphatic heterocycles. The van der Waals surface area contributed by atoms with Crippen molar-refractivity contribution in [1.29, 1.82) is 0 Å². The number of cyclic esters (lactones) is 1. The summed E-state index contributed by atoms with van der Waals surface area (Å²) in [5.74, 6) is -7.60. The van der Waals surface area contributed by atoms with Crippen LogP contribution in [0.25, 0.3) is 33.4 Å². The molecule has 0 radical (unpaired) electrons. The van der Waals surface area contributed by atoms with Gasteiger partial charge in [-0.1, -0.05) is 97.9 Å². The topological polar surface area (TPSA) is 512 Å². The number of alkyl carbamates (subject to hydrolysis) is 1. The van der Waals surface area contributed by atoms with Gasteiger partial charge in [-0.05, 0) is 138 Å². The van der Waals surface area contributed by atoms with Crippen LogP contribution in [0.1, 0.15) is 161 Å². The molecule has 2 aromatic carbocycles. The number of benzene rings is 2. The van der Waals surface area contributed by atoms with Crippen LogP contribution in [-0.2, 0) is 101 Å². The van der Waals surface area contributed by atoms with Gasteiger partial charge in [-0.15, -0.1) is 5.10 Å². The number of piperidine rings is 1. The number of anilines is 2. The van der Waals surface area contributed by atoms with Crippen molar-refractivity contribution in [2.75, 3.05) is 118 Å². The fourth-order valence-electron chi connectivity index (χ4n) is 16.4. The first-order valence-electron chi connectivity index (χ1n) is 44.8. The second kappa shape index (κ2) is 51.9. The number of hydrogen-bond acceptors (Lipinski definition) is 32. The number of carbonyl (C=O) groups is 7. The number of methoxy groups -OCH3 is 2. The van der Waals surface area contributed by atoms with Crippen LogP contribution in [0.2, 0.25) is 0 Å². The number of aryl methyl sites for hydroxylation is 1. The highest BCUT2D eigenvalue weighted by Crippen LogP contribution is 2.39. The number of oxazole rings is 1. The molecule has 2 bridgehead atoms. The standard InChI is InChI=1S/C91H130N16O22/c1-58-19-10-8-11-20-59(2)74(118-6)52-67-23-18-31-91(117,129-67)84(113)87(114)105-35-16-14-24-72(105)88(115)127-75(53-69(103-126-55-63-21-12-9-13-22-63)60(3)48-62(5)82(111)83(112)81(110)61(4)47-58)68(92)49-64-25-27-71(76(50-64)119-7)107-54-66(101-104-107)56-125-90(116)97-34-40-123-44-46-124-45-42-121-38-30-78(109)96-33-39-122-43-41-120-37-29-77(108)95-32-15-17-36-106-86-79(85(93)98-57-99-86)80(102-106)65-26-28-73-70(51-65)100-89(94)128-73/h8-13,19-22,26,28,48,51,54,57-58,60-61,64,67-68,71-72,74-76,82-83,111-112,117H,14-18,23-25,27,29-47,49-50,52-53,55-56,92H2,1-7H3,(H2,94,100)(H,95,108)(H,96,109)(H,97,116)(H2,93,98,99)/b11-8?,19-10+,59-20?,62-48+,103-69-/t58-,60-,61-,64+,67+,68-,71+,72+,74+,75+,76-,82-,83+,91-/m1/s1. The molecule has 4 aromatic heterocycles. The number of hydrogen-bond donors (Lipinski definition) is 9. The monoisotopic (exact) mass is 1800 g/mol. The summed E-state index contributed by atoms with van der Waals surface area (Å²) in [5, 5.41) is 62.3. The fourth-order valence-corrected chi connectivity index (χ4v) is 16.4. The Hall–Kier alpha value is -10.4. The number of rotatable bonds is 38. The molecule has 14 atom stereocenters. The second-order valence-electron chi connectivity index (χ2n) is 33.4. The van der Waals surface area contributed by atoms with Crippen LogP contribution in [-0.4, -0.2) is 268 Å². The smallest absolute Gasteiger partial charge is 0.407 e. The number of nitrogens with one attached hydrogen (secondary N) is 3. The van der Waals surface area contributed by atoms with Crippen molar-refractivity contribution in [3.8, 4) is 11.3 Å². The number of aliphatic hydroxyl groups is 3. The molecule has 0 spiro atoms. The number of carbonyl (C=O) groups excluding carboxylic acids is 7. The normalized spacial score (nSPS) is 25.2. The quantitative estimate of drug-likeness (QED) is 0.00600. The van der Waals surface area contributed by atoms with Gasteiger partial charge in [0.05, 0.1) is 108 Å². The van der Waals surface area contributed by atoms with E-state index in [1.54, 1.807) is 62.7 Å². The summed E-state index contributed by atoms with van der Waals surface area (Å²) in [5.41, 5.74) is 25.1. The van der Waals surface area contributed by atoms with Gasteiger partial charge in [-0.25, -0.2) is 28.9 Å². The highest BCUT2D eigenvalue weighted by atomic mass is 16.6. The molecule has 6 aromatic rings. The largest absolute Gasteiger partial charge is 0.459 e. The Balaban J connectivity index is 0.615. The predicted octanol–water partition coefficient (Wildman–Crippen LogP) is 7.36. The number of nitrogen functional groups attached to an aromatic ring is 2. The Morgan fingerprint density at radius 3 is 2.19 bits per heavy atom. The zero-order valence-corrected chi connectivity index (χ0v) is 75.1. The number of esters is 1. The number of oxime groups is 1. The molecule has 2 saturated heterocycles. The van der Waals surface area contributed by atoms with Crippen LogP contribution in [0.4, 0.5) is 16.6 Å². The Bertz CT molecular complexity index is 4750. The summed E-state index contributed by atoms with van der Waals surface area (Å²) in [6.45, 7) is 12.9. The van der Waals surface area contributed by atoms with Gasteiger partial charge in [0.1, 0.15) is 66.6 Å². The first-order chi connectivity index (χ1) is 62.3. The molecule has 4 aliphatic rings. The highest BCUT2D eigenvalue weighted by Gasteiger charge is 2.50. The Morgan fingerprint density at radius 2 is 1.47 bits per heavy atom. The molecule has 1 saturated carbocycles. The van der Waals surface area contributed by atoms with Crippen molar-refractivity contribution in [2.45, 2.75) is 224 Å². The number of nitrogens with two attached hydrogens (primary N) is 3. The molecule has 38 nitrogen and oxygen atoms in total. The Labute approximate surface area is 751 Å². The number of ether oxygens (including phenoxy) is 10. The number of nitrogens with zero attached hydrogens (tertiary/aromatic N) is 10. The number of unbranched alkanes of at least 4 members (excludes halogenated alkanes) is 1. The van der Waals surface area contributed by atoms with E-state index in [0.29, 0.717) is 149 Å². The molecule has 129 heavy (non-hydrogen) atoms. The average Bonchev–Trinajstić information content (AvgIpc) is 1.64. The lowest BCUT2D eigenvalue weighted by Gasteiger charge is -2.40. The minimum Gasteiger partial charge on any atom is -0.459 e. The van der Waals surface area contributed by atoms with E-state index in [1.165, 1.54) is 11.2 Å². The molecule has 38 heteroatoms. The summed E-state index contributed by atoms with van der Waals surface area (Å²) in [6, 6.07) is 12.4. The van der Waals surface area contributed by atoms with Crippen LogP contribution < -0.4 is 33.2 Å². The van der Waals surface area contributed by atoms with Crippen molar-refractivity contribution >= 4 is 81.0 Å². The fraction of sp³-hybridized carbons (Fsp3) is 0.604. The number of amides is 4. The first-order valence-corrected chi connectivity index (χ1v) is 44.8. The molecule has 10 rings (SSSR count). The summed E-state index contributed by atoms with van der Waals surface area (Å²) < 4.78 is 66.9. The lowest BCUT2D eigenvalue weighted by molar-refractivity contribution is -0.245. The number of ketones is 2. The van der Waals surface area contributed by atoms with E-state index < -0.39 is 95.9 Å². The van der Waals surface area contributed by atoms with Crippen molar-refractivity contribution in [3.05, 3.63) is 120 Å². The van der Waals surface area contributed by atoms with Gasteiger partial charge in [0.2, 0.25) is 17.6 Å². The van der Waals surface area contributed by atoms with Gasteiger partial charge < -0.3 is 110 Å². The van der Waals surface area contributed by atoms with Crippen LogP contribution in [0.5, 0.6) is 0 Å². The van der Waals surface area contributed by atoms with E-state index >= 15 is 4.79 Å². The zero-order chi connectivity index (χ0) is 92.2. The van der Waals surface area contributed by atoms with Gasteiger partial charge in [0.15, 0.2) is 17.0 Å². The van der Waals surface area contributed by atoms with Gasteiger partial charge in [-0.2, -0.15) is 10.1 Å². The first kappa shape index (κ1) is 101.